The fraction of sp³-hybridized carbons (Fsp3) is 0.833. The Morgan fingerprint density at radius 2 is 1.55 bits per heavy atom. The van der Waals surface area contributed by atoms with Crippen molar-refractivity contribution in [2.45, 2.75) is 46.0 Å². The quantitative estimate of drug-likeness (QED) is 0.769. The minimum Gasteiger partial charge on any atom is -0.475 e. The fourth-order valence-corrected chi connectivity index (χ4v) is 1.86. The zero-order valence-corrected chi connectivity index (χ0v) is 12.0. The SMILES string of the molecule is CC(C)C(=O)N1[C@H](C)CNC[C@@H]1C.O=C(O)C(F)(F)F. The van der Waals surface area contributed by atoms with Crippen molar-refractivity contribution in [3.05, 3.63) is 0 Å². The van der Waals surface area contributed by atoms with Crippen LogP contribution in [0.2, 0.25) is 0 Å². The van der Waals surface area contributed by atoms with Gasteiger partial charge in [-0.25, -0.2) is 4.79 Å². The molecule has 0 aromatic heterocycles. The van der Waals surface area contributed by atoms with Gasteiger partial charge in [-0.2, -0.15) is 13.2 Å². The van der Waals surface area contributed by atoms with Gasteiger partial charge in [0.05, 0.1) is 0 Å². The smallest absolute Gasteiger partial charge is 0.475 e. The standard InChI is InChI=1S/C10H20N2O.C2HF3O2/c1-7(2)10(13)12-8(3)5-11-6-9(12)4;3-2(4,5)1(6)7/h7-9,11H,5-6H2,1-4H3;(H,6,7)/t8-,9+;. The number of amides is 1. The largest absolute Gasteiger partial charge is 0.490 e. The molecule has 2 atom stereocenters. The molecule has 1 heterocycles. The Hall–Kier alpha value is -1.31. The van der Waals surface area contributed by atoms with Gasteiger partial charge >= 0.3 is 12.1 Å². The summed E-state index contributed by atoms with van der Waals surface area (Å²) in [5.74, 6) is -2.36. The molecular weight excluding hydrogens is 277 g/mol. The van der Waals surface area contributed by atoms with Crippen LogP contribution in [-0.4, -0.2) is 53.2 Å². The van der Waals surface area contributed by atoms with Gasteiger partial charge in [-0.3, -0.25) is 4.79 Å². The lowest BCUT2D eigenvalue weighted by Crippen LogP contribution is -2.58. The van der Waals surface area contributed by atoms with Crippen molar-refractivity contribution in [2.75, 3.05) is 13.1 Å². The first-order valence-corrected chi connectivity index (χ1v) is 6.31. The Morgan fingerprint density at radius 3 is 1.80 bits per heavy atom. The van der Waals surface area contributed by atoms with E-state index in [1.54, 1.807) is 0 Å². The lowest BCUT2D eigenvalue weighted by atomic mass is 10.1. The molecule has 20 heavy (non-hydrogen) atoms. The van der Waals surface area contributed by atoms with Crippen LogP contribution in [0.5, 0.6) is 0 Å². The minimum atomic E-state index is -5.08. The van der Waals surface area contributed by atoms with Gasteiger partial charge < -0.3 is 15.3 Å². The molecule has 1 aliphatic heterocycles. The van der Waals surface area contributed by atoms with Gasteiger partial charge in [0.25, 0.3) is 0 Å². The maximum absolute atomic E-state index is 11.8. The molecule has 0 unspecified atom stereocenters. The first-order chi connectivity index (χ1) is 8.98. The molecule has 1 fully saturated rings. The van der Waals surface area contributed by atoms with E-state index >= 15 is 0 Å². The van der Waals surface area contributed by atoms with Crippen molar-refractivity contribution >= 4 is 11.9 Å². The number of carbonyl (C=O) groups excluding carboxylic acids is 1. The summed E-state index contributed by atoms with van der Waals surface area (Å²) in [7, 11) is 0. The van der Waals surface area contributed by atoms with Crippen LogP contribution in [-0.2, 0) is 9.59 Å². The highest BCUT2D eigenvalue weighted by atomic mass is 19.4. The van der Waals surface area contributed by atoms with E-state index in [1.165, 1.54) is 0 Å². The highest BCUT2D eigenvalue weighted by molar-refractivity contribution is 5.78. The van der Waals surface area contributed by atoms with Gasteiger partial charge in [-0.05, 0) is 13.8 Å². The van der Waals surface area contributed by atoms with Crippen LogP contribution in [0.1, 0.15) is 27.7 Å². The van der Waals surface area contributed by atoms with Crippen LogP contribution >= 0.6 is 0 Å². The number of halogens is 3. The van der Waals surface area contributed by atoms with Crippen molar-refractivity contribution in [3.8, 4) is 0 Å². The van der Waals surface area contributed by atoms with Crippen molar-refractivity contribution in [3.63, 3.8) is 0 Å². The second-order valence-corrected chi connectivity index (χ2v) is 5.06. The Morgan fingerprint density at radius 1 is 1.20 bits per heavy atom. The van der Waals surface area contributed by atoms with Gasteiger partial charge in [0, 0.05) is 31.1 Å². The van der Waals surface area contributed by atoms with Crippen LogP contribution in [0.15, 0.2) is 0 Å². The third kappa shape index (κ3) is 5.77. The van der Waals surface area contributed by atoms with Gasteiger partial charge in [0.1, 0.15) is 0 Å². The lowest BCUT2D eigenvalue weighted by Gasteiger charge is -2.40. The number of piperazine rings is 1. The number of rotatable bonds is 1. The number of hydrogen-bond donors (Lipinski definition) is 2. The summed E-state index contributed by atoms with van der Waals surface area (Å²) in [5, 5.41) is 10.4. The van der Waals surface area contributed by atoms with E-state index in [2.05, 4.69) is 19.2 Å². The summed E-state index contributed by atoms with van der Waals surface area (Å²) in [4.78, 5) is 22.7. The molecule has 0 saturated carbocycles. The molecule has 2 N–H and O–H groups in total. The zero-order chi connectivity index (χ0) is 16.1. The second kappa shape index (κ2) is 7.47. The summed E-state index contributed by atoms with van der Waals surface area (Å²) >= 11 is 0. The predicted molar refractivity (Wildman–Crippen MR) is 67.2 cm³/mol. The second-order valence-electron chi connectivity index (χ2n) is 5.06. The Bertz CT molecular complexity index is 335. The molecule has 1 rings (SSSR count). The lowest BCUT2D eigenvalue weighted by molar-refractivity contribution is -0.192. The number of hydrogen-bond acceptors (Lipinski definition) is 3. The molecule has 5 nitrogen and oxygen atoms in total. The highest BCUT2D eigenvalue weighted by Crippen LogP contribution is 2.14. The van der Waals surface area contributed by atoms with Crippen molar-refractivity contribution in [1.82, 2.24) is 10.2 Å². The van der Waals surface area contributed by atoms with Gasteiger partial charge in [0.2, 0.25) is 5.91 Å². The van der Waals surface area contributed by atoms with Crippen LogP contribution < -0.4 is 5.32 Å². The summed E-state index contributed by atoms with van der Waals surface area (Å²) < 4.78 is 31.7. The van der Waals surface area contributed by atoms with Crippen molar-refractivity contribution in [2.24, 2.45) is 5.92 Å². The summed E-state index contributed by atoms with van der Waals surface area (Å²) in [6.07, 6.45) is -5.08. The fourth-order valence-electron chi connectivity index (χ4n) is 1.86. The molecule has 8 heteroatoms. The van der Waals surface area contributed by atoms with E-state index in [0.717, 1.165) is 13.1 Å². The van der Waals surface area contributed by atoms with Crippen LogP contribution in [0, 0.1) is 5.92 Å². The molecule has 0 spiro atoms. The Labute approximate surface area is 116 Å². The van der Waals surface area contributed by atoms with Gasteiger partial charge in [-0.1, -0.05) is 13.8 Å². The Balaban J connectivity index is 0.000000441. The highest BCUT2D eigenvalue weighted by Gasteiger charge is 2.38. The normalized spacial score (nSPS) is 23.1. The van der Waals surface area contributed by atoms with Crippen LogP contribution in [0.3, 0.4) is 0 Å². The predicted octanol–water partition coefficient (Wildman–Crippen LogP) is 1.48. The van der Waals surface area contributed by atoms with Crippen molar-refractivity contribution in [1.29, 1.82) is 0 Å². The molecule has 0 aliphatic carbocycles. The molecule has 0 aromatic carbocycles. The number of alkyl halides is 3. The summed E-state index contributed by atoms with van der Waals surface area (Å²) in [6, 6.07) is 0.664. The molecule has 0 aromatic rings. The molecule has 1 saturated heterocycles. The number of carboxylic acid groups (broad SMARTS) is 1. The zero-order valence-electron chi connectivity index (χ0n) is 12.0. The van der Waals surface area contributed by atoms with Crippen LogP contribution in [0.4, 0.5) is 13.2 Å². The van der Waals surface area contributed by atoms with Crippen LogP contribution in [0.25, 0.3) is 0 Å². The number of carboxylic acids is 1. The Kier molecular flexibility index (Phi) is 6.98. The van der Waals surface area contributed by atoms with E-state index in [-0.39, 0.29) is 11.8 Å². The van der Waals surface area contributed by atoms with Gasteiger partial charge in [-0.15, -0.1) is 0 Å². The van der Waals surface area contributed by atoms with E-state index in [4.69, 9.17) is 9.90 Å². The van der Waals surface area contributed by atoms with E-state index in [9.17, 15) is 18.0 Å². The maximum atomic E-state index is 11.8. The average Bonchev–Trinajstić information content (AvgIpc) is 2.27. The third-order valence-corrected chi connectivity index (χ3v) is 2.82. The third-order valence-electron chi connectivity index (χ3n) is 2.82. The average molecular weight is 298 g/mol. The van der Waals surface area contributed by atoms with E-state index in [0.29, 0.717) is 12.1 Å². The van der Waals surface area contributed by atoms with E-state index in [1.807, 2.05) is 18.7 Å². The molecule has 0 bridgehead atoms. The van der Waals surface area contributed by atoms with E-state index < -0.39 is 12.1 Å². The van der Waals surface area contributed by atoms with Gasteiger partial charge in [0.15, 0.2) is 0 Å². The number of nitrogens with one attached hydrogen (secondary N) is 1. The molecule has 1 aliphatic rings. The first-order valence-electron chi connectivity index (χ1n) is 6.31. The topological polar surface area (TPSA) is 69.6 Å². The molecule has 0 radical (unpaired) electrons. The minimum absolute atomic E-state index is 0.114. The monoisotopic (exact) mass is 298 g/mol. The molecular formula is C12H21F3N2O3. The molecule has 1 amide bonds. The summed E-state index contributed by atoms with van der Waals surface area (Å²) in [5.41, 5.74) is 0. The number of aliphatic carboxylic acids is 1. The van der Waals surface area contributed by atoms with Crippen molar-refractivity contribution < 1.29 is 27.9 Å². The molecule has 118 valence electrons. The number of carbonyl (C=O) groups is 2. The number of nitrogens with zero attached hydrogens (tertiary/aromatic N) is 1. The maximum Gasteiger partial charge on any atom is 0.490 e. The summed E-state index contributed by atoms with van der Waals surface area (Å²) in [6.45, 7) is 9.96. The first kappa shape index (κ1) is 18.7.